The molecule has 16 heavy (non-hydrogen) atoms. The molecule has 1 fully saturated rings. The number of ether oxygens (including phenoxy) is 1. The highest BCUT2D eigenvalue weighted by atomic mass is 35.5. The minimum absolute atomic E-state index is 0.522. The first-order valence-corrected chi connectivity index (χ1v) is 6.16. The van der Waals surface area contributed by atoms with Crippen LogP contribution in [-0.2, 0) is 10.6 Å². The predicted molar refractivity (Wildman–Crippen MR) is 66.0 cm³/mol. The Bertz CT molecular complexity index is 322. The van der Waals surface area contributed by atoms with E-state index < -0.39 is 0 Å². The standard InChI is InChI=1S/C12H17ClN2O/c1-15(11-4-6-16-7-5-11)12-3-2-10(8-13)9-14-12/h2-3,9,11H,4-8H2,1H3. The van der Waals surface area contributed by atoms with Crippen molar-refractivity contribution in [1.29, 1.82) is 0 Å². The first kappa shape index (κ1) is 11.7. The number of nitrogens with zero attached hydrogens (tertiary/aromatic N) is 2. The molecule has 1 aliphatic rings. The minimum Gasteiger partial charge on any atom is -0.381 e. The average Bonchev–Trinajstić information content (AvgIpc) is 2.39. The van der Waals surface area contributed by atoms with E-state index in [0.717, 1.165) is 37.4 Å². The summed E-state index contributed by atoms with van der Waals surface area (Å²) in [5.74, 6) is 1.54. The molecular weight excluding hydrogens is 224 g/mol. The third kappa shape index (κ3) is 2.66. The summed E-state index contributed by atoms with van der Waals surface area (Å²) in [5.41, 5.74) is 1.06. The number of rotatable bonds is 3. The zero-order chi connectivity index (χ0) is 11.4. The van der Waals surface area contributed by atoms with Gasteiger partial charge in [0.25, 0.3) is 0 Å². The van der Waals surface area contributed by atoms with Gasteiger partial charge < -0.3 is 9.64 Å². The van der Waals surface area contributed by atoms with Crippen LogP contribution in [0.2, 0.25) is 0 Å². The Balaban J connectivity index is 2.04. The van der Waals surface area contributed by atoms with Crippen LogP contribution < -0.4 is 4.90 Å². The van der Waals surface area contributed by atoms with Gasteiger partial charge in [-0.05, 0) is 24.5 Å². The highest BCUT2D eigenvalue weighted by Crippen LogP contribution is 2.19. The second kappa shape index (κ2) is 5.51. The quantitative estimate of drug-likeness (QED) is 0.759. The molecular formula is C12H17ClN2O. The Morgan fingerprint density at radius 2 is 2.19 bits per heavy atom. The highest BCUT2D eigenvalue weighted by molar-refractivity contribution is 6.17. The molecule has 1 aromatic rings. The molecule has 2 rings (SSSR count). The molecule has 0 spiro atoms. The lowest BCUT2D eigenvalue weighted by Crippen LogP contribution is -2.37. The van der Waals surface area contributed by atoms with E-state index in [1.54, 1.807) is 0 Å². The molecule has 0 amide bonds. The van der Waals surface area contributed by atoms with Crippen molar-refractivity contribution >= 4 is 17.4 Å². The maximum Gasteiger partial charge on any atom is 0.128 e. The molecule has 0 aromatic carbocycles. The Morgan fingerprint density at radius 1 is 1.44 bits per heavy atom. The fraction of sp³-hybridized carbons (Fsp3) is 0.583. The summed E-state index contributed by atoms with van der Waals surface area (Å²) < 4.78 is 5.36. The van der Waals surface area contributed by atoms with E-state index >= 15 is 0 Å². The lowest BCUT2D eigenvalue weighted by molar-refractivity contribution is 0.0853. The number of anilines is 1. The van der Waals surface area contributed by atoms with Crippen molar-refractivity contribution in [2.75, 3.05) is 25.2 Å². The van der Waals surface area contributed by atoms with Crippen LogP contribution in [0.5, 0.6) is 0 Å². The fourth-order valence-electron chi connectivity index (χ4n) is 1.96. The molecule has 1 aromatic heterocycles. The van der Waals surface area contributed by atoms with Gasteiger partial charge in [0.1, 0.15) is 5.82 Å². The van der Waals surface area contributed by atoms with Gasteiger partial charge in [0.05, 0.1) is 0 Å². The van der Waals surface area contributed by atoms with Crippen LogP contribution in [0.25, 0.3) is 0 Å². The number of pyridine rings is 1. The first-order chi connectivity index (χ1) is 7.81. The molecule has 3 nitrogen and oxygen atoms in total. The van der Waals surface area contributed by atoms with E-state index in [2.05, 4.69) is 16.9 Å². The number of hydrogen-bond acceptors (Lipinski definition) is 3. The summed E-state index contributed by atoms with van der Waals surface area (Å²) in [6, 6.07) is 4.61. The Morgan fingerprint density at radius 3 is 2.75 bits per heavy atom. The molecule has 0 N–H and O–H groups in total. The normalized spacial score (nSPS) is 17.4. The first-order valence-electron chi connectivity index (χ1n) is 5.62. The lowest BCUT2D eigenvalue weighted by atomic mass is 10.1. The third-order valence-electron chi connectivity index (χ3n) is 3.06. The number of aromatic nitrogens is 1. The Hall–Kier alpha value is -0.800. The van der Waals surface area contributed by atoms with E-state index in [4.69, 9.17) is 16.3 Å². The second-order valence-corrected chi connectivity index (χ2v) is 4.38. The van der Waals surface area contributed by atoms with Crippen molar-refractivity contribution in [2.24, 2.45) is 0 Å². The maximum absolute atomic E-state index is 5.74. The largest absolute Gasteiger partial charge is 0.381 e. The third-order valence-corrected chi connectivity index (χ3v) is 3.37. The topological polar surface area (TPSA) is 25.4 Å². The van der Waals surface area contributed by atoms with Gasteiger partial charge in [-0.15, -0.1) is 11.6 Å². The number of hydrogen-bond donors (Lipinski definition) is 0. The van der Waals surface area contributed by atoms with Crippen molar-refractivity contribution in [3.8, 4) is 0 Å². The zero-order valence-electron chi connectivity index (χ0n) is 9.53. The summed E-state index contributed by atoms with van der Waals surface area (Å²) >= 11 is 5.74. The van der Waals surface area contributed by atoms with E-state index in [0.29, 0.717) is 11.9 Å². The molecule has 0 saturated carbocycles. The van der Waals surface area contributed by atoms with Crippen LogP contribution in [0.1, 0.15) is 18.4 Å². The van der Waals surface area contributed by atoms with Gasteiger partial charge in [0.2, 0.25) is 0 Å². The Kier molecular flexibility index (Phi) is 4.02. The second-order valence-electron chi connectivity index (χ2n) is 4.11. The molecule has 0 aliphatic carbocycles. The molecule has 1 saturated heterocycles. The van der Waals surface area contributed by atoms with E-state index in [1.807, 2.05) is 18.3 Å². The van der Waals surface area contributed by atoms with Crippen molar-refractivity contribution in [3.63, 3.8) is 0 Å². The molecule has 0 bridgehead atoms. The van der Waals surface area contributed by atoms with Crippen molar-refractivity contribution in [1.82, 2.24) is 4.98 Å². The van der Waals surface area contributed by atoms with Crippen LogP contribution in [0.3, 0.4) is 0 Å². The number of alkyl halides is 1. The van der Waals surface area contributed by atoms with Crippen molar-refractivity contribution in [2.45, 2.75) is 24.8 Å². The van der Waals surface area contributed by atoms with Crippen LogP contribution in [0, 0.1) is 0 Å². The van der Waals surface area contributed by atoms with Crippen LogP contribution in [-0.4, -0.2) is 31.3 Å². The van der Waals surface area contributed by atoms with Gasteiger partial charge in [-0.3, -0.25) is 0 Å². The van der Waals surface area contributed by atoms with Gasteiger partial charge in [0.15, 0.2) is 0 Å². The van der Waals surface area contributed by atoms with E-state index in [9.17, 15) is 0 Å². The highest BCUT2D eigenvalue weighted by Gasteiger charge is 2.19. The summed E-state index contributed by atoms with van der Waals surface area (Å²) in [6.07, 6.45) is 4.00. The minimum atomic E-state index is 0.522. The molecule has 4 heteroatoms. The maximum atomic E-state index is 5.74. The summed E-state index contributed by atoms with van der Waals surface area (Å²) in [4.78, 5) is 6.66. The molecule has 0 radical (unpaired) electrons. The Labute approximate surface area is 101 Å². The molecule has 2 heterocycles. The number of halogens is 1. The molecule has 1 aliphatic heterocycles. The average molecular weight is 241 g/mol. The van der Waals surface area contributed by atoms with Crippen molar-refractivity contribution in [3.05, 3.63) is 23.9 Å². The van der Waals surface area contributed by atoms with E-state index in [1.165, 1.54) is 0 Å². The van der Waals surface area contributed by atoms with Gasteiger partial charge in [-0.25, -0.2) is 4.98 Å². The van der Waals surface area contributed by atoms with Crippen LogP contribution in [0.15, 0.2) is 18.3 Å². The fourth-order valence-corrected chi connectivity index (χ4v) is 2.12. The van der Waals surface area contributed by atoms with Gasteiger partial charge >= 0.3 is 0 Å². The molecule has 0 unspecified atom stereocenters. The summed E-state index contributed by atoms with van der Waals surface area (Å²) in [7, 11) is 2.10. The molecule has 0 atom stereocenters. The zero-order valence-corrected chi connectivity index (χ0v) is 10.3. The smallest absolute Gasteiger partial charge is 0.128 e. The van der Waals surface area contributed by atoms with Gasteiger partial charge in [-0.1, -0.05) is 6.07 Å². The molecule has 88 valence electrons. The monoisotopic (exact) mass is 240 g/mol. The summed E-state index contributed by atoms with van der Waals surface area (Å²) in [6.45, 7) is 1.71. The van der Waals surface area contributed by atoms with Crippen LogP contribution in [0.4, 0.5) is 5.82 Å². The SMILES string of the molecule is CN(c1ccc(CCl)cn1)C1CCOCC1. The lowest BCUT2D eigenvalue weighted by Gasteiger charge is -2.32. The predicted octanol–water partition coefficient (Wildman–Crippen LogP) is 2.44. The van der Waals surface area contributed by atoms with Crippen molar-refractivity contribution < 1.29 is 4.74 Å². The summed E-state index contributed by atoms with van der Waals surface area (Å²) in [5, 5.41) is 0. The van der Waals surface area contributed by atoms with Gasteiger partial charge in [0, 0.05) is 38.4 Å². The van der Waals surface area contributed by atoms with Crippen LogP contribution >= 0.6 is 11.6 Å². The van der Waals surface area contributed by atoms with Gasteiger partial charge in [-0.2, -0.15) is 0 Å². The van der Waals surface area contributed by atoms with E-state index in [-0.39, 0.29) is 0 Å².